The lowest BCUT2D eigenvalue weighted by atomic mass is 9.48. The fourth-order valence-corrected chi connectivity index (χ4v) is 5.63. The van der Waals surface area contributed by atoms with Gasteiger partial charge in [0.25, 0.3) is 0 Å². The molecule has 0 radical (unpaired) electrons. The van der Waals surface area contributed by atoms with E-state index >= 15 is 0 Å². The van der Waals surface area contributed by atoms with E-state index in [1.807, 2.05) is 0 Å². The van der Waals surface area contributed by atoms with E-state index in [1.54, 1.807) is 0 Å². The Hall–Kier alpha value is -0.0800. The molecule has 0 heterocycles. The van der Waals surface area contributed by atoms with Crippen molar-refractivity contribution in [2.75, 3.05) is 13.1 Å². The van der Waals surface area contributed by atoms with Crippen LogP contribution in [0.2, 0.25) is 0 Å². The molecule has 102 valence electrons. The summed E-state index contributed by atoms with van der Waals surface area (Å²) in [6.07, 6.45) is 11.8. The second kappa shape index (κ2) is 4.21. The summed E-state index contributed by atoms with van der Waals surface area (Å²) in [5, 5.41) is 3.97. The predicted octanol–water partition coefficient (Wildman–Crippen LogP) is 2.53. The maximum atomic E-state index is 6.26. The summed E-state index contributed by atoms with van der Waals surface area (Å²) in [6.45, 7) is 2.11. The van der Waals surface area contributed by atoms with Crippen LogP contribution in [0, 0.1) is 29.6 Å². The molecule has 0 spiro atoms. The van der Waals surface area contributed by atoms with Gasteiger partial charge < -0.3 is 11.1 Å². The van der Waals surface area contributed by atoms with Crippen LogP contribution in [0.4, 0.5) is 0 Å². The molecule has 0 aromatic rings. The Morgan fingerprint density at radius 3 is 2.06 bits per heavy atom. The summed E-state index contributed by atoms with van der Waals surface area (Å²) < 4.78 is 0. The summed E-state index contributed by atoms with van der Waals surface area (Å²) in [7, 11) is 0. The van der Waals surface area contributed by atoms with Gasteiger partial charge >= 0.3 is 0 Å². The highest BCUT2D eigenvalue weighted by Gasteiger charge is 2.56. The molecule has 5 fully saturated rings. The number of hydrogen-bond donors (Lipinski definition) is 2. The minimum Gasteiger partial charge on any atom is -0.329 e. The van der Waals surface area contributed by atoms with Gasteiger partial charge in [0.2, 0.25) is 0 Å². The topological polar surface area (TPSA) is 38.0 Å². The Bertz CT molecular complexity index is 293. The Labute approximate surface area is 111 Å². The molecule has 0 aromatic heterocycles. The van der Waals surface area contributed by atoms with E-state index in [1.165, 1.54) is 57.9 Å². The van der Waals surface area contributed by atoms with Crippen molar-refractivity contribution in [3.8, 4) is 0 Å². The summed E-state index contributed by atoms with van der Waals surface area (Å²) in [4.78, 5) is 0. The molecule has 0 aliphatic heterocycles. The molecular formula is C16H28N2. The van der Waals surface area contributed by atoms with Crippen LogP contribution in [0.15, 0.2) is 0 Å². The molecule has 5 aliphatic rings. The van der Waals surface area contributed by atoms with Crippen molar-refractivity contribution in [1.29, 1.82) is 0 Å². The van der Waals surface area contributed by atoms with E-state index in [4.69, 9.17) is 5.73 Å². The van der Waals surface area contributed by atoms with Crippen LogP contribution in [-0.4, -0.2) is 18.6 Å². The second-order valence-corrected chi connectivity index (χ2v) is 7.71. The number of hydrogen-bond acceptors (Lipinski definition) is 2. The molecule has 3 N–H and O–H groups in total. The lowest BCUT2D eigenvalue weighted by Crippen LogP contribution is -2.68. The van der Waals surface area contributed by atoms with E-state index < -0.39 is 0 Å². The first kappa shape index (κ1) is 11.7. The minimum absolute atomic E-state index is 0.336. The zero-order valence-corrected chi connectivity index (χ0v) is 11.5. The Morgan fingerprint density at radius 1 is 0.944 bits per heavy atom. The molecule has 2 heteroatoms. The Kier molecular flexibility index (Phi) is 2.74. The molecule has 4 bridgehead atoms. The van der Waals surface area contributed by atoms with Gasteiger partial charge in [-0.2, -0.15) is 0 Å². The number of rotatable bonds is 5. The minimum atomic E-state index is 0.336. The molecule has 18 heavy (non-hydrogen) atoms. The molecular weight excluding hydrogens is 220 g/mol. The van der Waals surface area contributed by atoms with Crippen LogP contribution < -0.4 is 11.1 Å². The first-order valence-electron chi connectivity index (χ1n) is 8.25. The number of nitrogens with one attached hydrogen (secondary N) is 1. The molecule has 0 unspecified atom stereocenters. The van der Waals surface area contributed by atoms with Gasteiger partial charge in [0, 0.05) is 12.1 Å². The lowest BCUT2D eigenvalue weighted by Gasteiger charge is -2.61. The maximum Gasteiger partial charge on any atom is 0.0361 e. The average molecular weight is 248 g/mol. The smallest absolute Gasteiger partial charge is 0.0361 e. The highest BCUT2D eigenvalue weighted by Crippen LogP contribution is 2.58. The zero-order valence-electron chi connectivity index (χ0n) is 11.5. The summed E-state index contributed by atoms with van der Waals surface area (Å²) in [5.74, 6) is 4.95. The molecule has 0 atom stereocenters. The van der Waals surface area contributed by atoms with Gasteiger partial charge in [-0.1, -0.05) is 12.8 Å². The molecule has 0 amide bonds. The maximum absolute atomic E-state index is 6.26. The van der Waals surface area contributed by atoms with Gasteiger partial charge in [0.15, 0.2) is 0 Å². The summed E-state index contributed by atoms with van der Waals surface area (Å²) >= 11 is 0. The first-order valence-corrected chi connectivity index (χ1v) is 8.25. The zero-order chi connectivity index (χ0) is 12.2. The van der Waals surface area contributed by atoms with Gasteiger partial charge in [-0.05, 0) is 74.7 Å². The molecule has 5 rings (SSSR count). The number of nitrogens with two attached hydrogens (primary N) is 1. The molecule has 5 saturated carbocycles. The predicted molar refractivity (Wildman–Crippen MR) is 74.2 cm³/mol. The van der Waals surface area contributed by atoms with Crippen molar-refractivity contribution in [2.45, 2.75) is 56.9 Å². The monoisotopic (exact) mass is 248 g/mol. The van der Waals surface area contributed by atoms with Gasteiger partial charge in [-0.25, -0.2) is 0 Å². The van der Waals surface area contributed by atoms with Crippen molar-refractivity contribution in [1.82, 2.24) is 5.32 Å². The average Bonchev–Trinajstić information content (AvgIpc) is 3.16. The molecule has 0 aromatic carbocycles. The van der Waals surface area contributed by atoms with Gasteiger partial charge in [0.1, 0.15) is 0 Å². The van der Waals surface area contributed by atoms with E-state index in [9.17, 15) is 0 Å². The van der Waals surface area contributed by atoms with Gasteiger partial charge in [-0.3, -0.25) is 0 Å². The fourth-order valence-electron chi connectivity index (χ4n) is 5.63. The third kappa shape index (κ3) is 1.76. The molecule has 5 aliphatic carbocycles. The van der Waals surface area contributed by atoms with Crippen LogP contribution in [-0.2, 0) is 0 Å². The van der Waals surface area contributed by atoms with Crippen LogP contribution in [0.3, 0.4) is 0 Å². The quantitative estimate of drug-likeness (QED) is 0.784. The third-order valence-corrected chi connectivity index (χ3v) is 6.64. The third-order valence-electron chi connectivity index (χ3n) is 6.64. The largest absolute Gasteiger partial charge is 0.329 e. The first-order chi connectivity index (χ1) is 8.80. The van der Waals surface area contributed by atoms with Gasteiger partial charge in [0.05, 0.1) is 0 Å². The van der Waals surface area contributed by atoms with Crippen LogP contribution in [0.5, 0.6) is 0 Å². The van der Waals surface area contributed by atoms with Crippen molar-refractivity contribution < 1.29 is 0 Å². The van der Waals surface area contributed by atoms with Gasteiger partial charge in [-0.15, -0.1) is 0 Å². The fraction of sp³-hybridized carbons (Fsp3) is 1.00. The van der Waals surface area contributed by atoms with Crippen molar-refractivity contribution in [3.63, 3.8) is 0 Å². The normalized spacial score (nSPS) is 49.8. The highest BCUT2D eigenvalue weighted by molar-refractivity contribution is 5.11. The van der Waals surface area contributed by atoms with Crippen molar-refractivity contribution in [2.24, 2.45) is 35.3 Å². The van der Waals surface area contributed by atoms with E-state index in [-0.39, 0.29) is 0 Å². The van der Waals surface area contributed by atoms with Crippen LogP contribution >= 0.6 is 0 Å². The van der Waals surface area contributed by atoms with E-state index in [0.29, 0.717) is 5.54 Å². The van der Waals surface area contributed by atoms with Crippen LogP contribution in [0.25, 0.3) is 0 Å². The highest BCUT2D eigenvalue weighted by atomic mass is 15.0. The van der Waals surface area contributed by atoms with Crippen molar-refractivity contribution in [3.05, 3.63) is 0 Å². The lowest BCUT2D eigenvalue weighted by molar-refractivity contribution is -0.0692. The van der Waals surface area contributed by atoms with Crippen molar-refractivity contribution >= 4 is 0 Å². The second-order valence-electron chi connectivity index (χ2n) is 7.71. The molecule has 2 nitrogen and oxygen atoms in total. The standard InChI is InChI=1S/C16H28N2/c17-10-16(18-4-3-11-1-2-11)14-6-12-5-13(8-14)9-15(16)7-12/h11-15,18H,1-10,17H2. The molecule has 0 saturated heterocycles. The summed E-state index contributed by atoms with van der Waals surface area (Å²) in [6, 6.07) is 0. The van der Waals surface area contributed by atoms with E-state index in [0.717, 1.165) is 36.1 Å². The SMILES string of the molecule is NCC1(NCCC2CC2)C2CC3CC(C2)CC1C3. The Balaban J connectivity index is 1.48. The van der Waals surface area contributed by atoms with E-state index in [2.05, 4.69) is 5.32 Å². The Morgan fingerprint density at radius 2 is 1.56 bits per heavy atom. The van der Waals surface area contributed by atoms with Crippen LogP contribution in [0.1, 0.15) is 51.4 Å². The summed E-state index contributed by atoms with van der Waals surface area (Å²) in [5.41, 5.74) is 6.59.